The Hall–Kier alpha value is -1.34. The van der Waals surface area contributed by atoms with Gasteiger partial charge in [-0.15, -0.1) is 0 Å². The van der Waals surface area contributed by atoms with Crippen molar-refractivity contribution in [2.24, 2.45) is 0 Å². The number of rotatable bonds is 5. The van der Waals surface area contributed by atoms with E-state index in [2.05, 4.69) is 13.0 Å². The Morgan fingerprint density at radius 1 is 1.64 bits per heavy atom. The van der Waals surface area contributed by atoms with Gasteiger partial charge < -0.3 is 4.74 Å². The molecule has 14 heavy (non-hydrogen) atoms. The van der Waals surface area contributed by atoms with Crippen LogP contribution >= 0.6 is 0 Å². The SMILES string of the molecule is CCCOC[n+]1ccn(CC#N)c1C. The van der Waals surface area contributed by atoms with E-state index in [1.807, 2.05) is 28.5 Å². The summed E-state index contributed by atoms with van der Waals surface area (Å²) in [5.74, 6) is 1.04. The van der Waals surface area contributed by atoms with Gasteiger partial charge in [0.25, 0.3) is 5.82 Å². The molecule has 0 aromatic carbocycles. The smallest absolute Gasteiger partial charge is 0.256 e. The molecule has 76 valence electrons. The van der Waals surface area contributed by atoms with Crippen LogP contribution < -0.4 is 4.57 Å². The van der Waals surface area contributed by atoms with Crippen LogP contribution in [0.1, 0.15) is 19.2 Å². The molecule has 0 radical (unpaired) electrons. The third kappa shape index (κ3) is 2.57. The zero-order chi connectivity index (χ0) is 10.4. The highest BCUT2D eigenvalue weighted by Crippen LogP contribution is 1.93. The molecule has 1 aromatic heterocycles. The van der Waals surface area contributed by atoms with E-state index in [0.717, 1.165) is 18.9 Å². The first-order valence-corrected chi connectivity index (χ1v) is 4.79. The lowest BCUT2D eigenvalue weighted by Gasteiger charge is -2.00. The number of aromatic nitrogens is 2. The highest BCUT2D eigenvalue weighted by Gasteiger charge is 2.10. The fourth-order valence-electron chi connectivity index (χ4n) is 1.23. The van der Waals surface area contributed by atoms with Crippen LogP contribution in [-0.4, -0.2) is 11.2 Å². The van der Waals surface area contributed by atoms with E-state index in [1.54, 1.807) is 0 Å². The van der Waals surface area contributed by atoms with Crippen LogP contribution in [0.3, 0.4) is 0 Å². The van der Waals surface area contributed by atoms with Crippen molar-refractivity contribution >= 4 is 0 Å². The zero-order valence-electron chi connectivity index (χ0n) is 8.73. The molecule has 0 aliphatic rings. The van der Waals surface area contributed by atoms with Crippen molar-refractivity contribution in [1.82, 2.24) is 4.57 Å². The minimum absolute atomic E-state index is 0.395. The Morgan fingerprint density at radius 3 is 3.07 bits per heavy atom. The molecule has 0 aliphatic heterocycles. The van der Waals surface area contributed by atoms with E-state index >= 15 is 0 Å². The molecule has 0 fully saturated rings. The standard InChI is InChI=1S/C10H16N3O/c1-3-8-14-9-13-7-6-12(5-4-11)10(13)2/h6-7H,3,5,8-9H2,1-2H3/q+1. The number of nitrogens with zero attached hydrogens (tertiary/aromatic N) is 3. The summed E-state index contributed by atoms with van der Waals surface area (Å²) < 4.78 is 9.30. The maximum Gasteiger partial charge on any atom is 0.256 e. The largest absolute Gasteiger partial charge is 0.342 e. The summed E-state index contributed by atoms with van der Waals surface area (Å²) in [5.41, 5.74) is 0. The minimum Gasteiger partial charge on any atom is -0.342 e. The number of imidazole rings is 1. The van der Waals surface area contributed by atoms with Crippen LogP contribution in [-0.2, 0) is 18.0 Å². The summed E-state index contributed by atoms with van der Waals surface area (Å²) in [6.45, 7) is 5.80. The molecule has 1 rings (SSSR count). The molecule has 1 heterocycles. The van der Waals surface area contributed by atoms with Crippen molar-refractivity contribution in [3.63, 3.8) is 0 Å². The van der Waals surface area contributed by atoms with Crippen molar-refractivity contribution in [2.75, 3.05) is 6.61 Å². The van der Waals surface area contributed by atoms with Gasteiger partial charge in [0.2, 0.25) is 0 Å². The number of hydrogen-bond donors (Lipinski definition) is 0. The lowest BCUT2D eigenvalue weighted by molar-refractivity contribution is -0.737. The van der Waals surface area contributed by atoms with Crippen molar-refractivity contribution in [1.29, 1.82) is 5.26 Å². The predicted octanol–water partition coefficient (Wildman–Crippen LogP) is 0.992. The minimum atomic E-state index is 0.395. The van der Waals surface area contributed by atoms with Crippen LogP contribution in [0, 0.1) is 18.3 Å². The normalized spacial score (nSPS) is 10.1. The van der Waals surface area contributed by atoms with Crippen LogP contribution in [0.4, 0.5) is 0 Å². The number of nitriles is 1. The molecule has 1 aromatic rings. The van der Waals surface area contributed by atoms with Crippen LogP contribution in [0.2, 0.25) is 0 Å². The average Bonchev–Trinajstić information content (AvgIpc) is 2.51. The van der Waals surface area contributed by atoms with Gasteiger partial charge in [-0.2, -0.15) is 5.26 Å². The molecule has 0 amide bonds. The van der Waals surface area contributed by atoms with Gasteiger partial charge in [0, 0.05) is 6.92 Å². The first kappa shape index (κ1) is 10.7. The van der Waals surface area contributed by atoms with Crippen LogP contribution in [0.25, 0.3) is 0 Å². The van der Waals surface area contributed by atoms with E-state index < -0.39 is 0 Å². The highest BCUT2D eigenvalue weighted by atomic mass is 16.5. The van der Waals surface area contributed by atoms with Gasteiger partial charge in [-0.25, -0.2) is 9.13 Å². The molecule has 0 aliphatic carbocycles. The van der Waals surface area contributed by atoms with E-state index in [4.69, 9.17) is 10.00 Å². The predicted molar refractivity (Wildman–Crippen MR) is 51.2 cm³/mol. The summed E-state index contributed by atoms with van der Waals surface area (Å²) in [6.07, 6.45) is 4.86. The number of hydrogen-bond acceptors (Lipinski definition) is 2. The van der Waals surface area contributed by atoms with Gasteiger partial charge in [0.15, 0.2) is 13.3 Å². The molecule has 0 unspecified atom stereocenters. The zero-order valence-corrected chi connectivity index (χ0v) is 8.73. The maximum absolute atomic E-state index is 8.56. The number of ether oxygens (including phenoxy) is 1. The topological polar surface area (TPSA) is 41.8 Å². The third-order valence-corrected chi connectivity index (χ3v) is 2.08. The van der Waals surface area contributed by atoms with Crippen molar-refractivity contribution in [3.05, 3.63) is 18.2 Å². The fraction of sp³-hybridized carbons (Fsp3) is 0.600. The second-order valence-corrected chi connectivity index (χ2v) is 3.14. The summed E-state index contributed by atoms with van der Waals surface area (Å²) in [7, 11) is 0. The highest BCUT2D eigenvalue weighted by molar-refractivity contribution is 4.84. The Labute approximate surface area is 84.3 Å². The Kier molecular flexibility index (Phi) is 4.14. The average molecular weight is 194 g/mol. The van der Waals surface area contributed by atoms with Crippen molar-refractivity contribution in [3.8, 4) is 6.07 Å². The van der Waals surface area contributed by atoms with Crippen molar-refractivity contribution < 1.29 is 9.30 Å². The van der Waals surface area contributed by atoms with Gasteiger partial charge >= 0.3 is 0 Å². The molecule has 0 bridgehead atoms. The Morgan fingerprint density at radius 2 is 2.43 bits per heavy atom. The van der Waals surface area contributed by atoms with Crippen molar-refractivity contribution in [2.45, 2.75) is 33.5 Å². The lowest BCUT2D eigenvalue weighted by atomic mass is 10.5. The first-order chi connectivity index (χ1) is 6.79. The van der Waals surface area contributed by atoms with Gasteiger partial charge in [-0.3, -0.25) is 0 Å². The third-order valence-electron chi connectivity index (χ3n) is 2.08. The Bertz CT molecular complexity index is 325. The van der Waals surface area contributed by atoms with Gasteiger partial charge in [-0.1, -0.05) is 6.92 Å². The molecule has 0 atom stereocenters. The molecular weight excluding hydrogens is 178 g/mol. The monoisotopic (exact) mass is 194 g/mol. The van der Waals surface area contributed by atoms with E-state index in [9.17, 15) is 0 Å². The summed E-state index contributed by atoms with van der Waals surface area (Å²) in [4.78, 5) is 0. The van der Waals surface area contributed by atoms with Gasteiger partial charge in [-0.05, 0) is 6.42 Å². The molecule has 0 saturated heterocycles. The summed E-state index contributed by atoms with van der Waals surface area (Å²) in [5, 5.41) is 8.56. The van der Waals surface area contributed by atoms with Crippen LogP contribution in [0.5, 0.6) is 0 Å². The fourth-order valence-corrected chi connectivity index (χ4v) is 1.23. The molecule has 0 N–H and O–H groups in total. The molecular formula is C10H16N3O+. The quantitative estimate of drug-likeness (QED) is 0.518. The molecule has 4 nitrogen and oxygen atoms in total. The Balaban J connectivity index is 2.56. The second kappa shape index (κ2) is 5.40. The second-order valence-electron chi connectivity index (χ2n) is 3.14. The molecule has 4 heteroatoms. The first-order valence-electron chi connectivity index (χ1n) is 4.79. The summed E-state index contributed by atoms with van der Waals surface area (Å²) in [6, 6.07) is 2.11. The maximum atomic E-state index is 8.56. The van der Waals surface area contributed by atoms with Gasteiger partial charge in [0.05, 0.1) is 6.61 Å². The van der Waals surface area contributed by atoms with E-state index in [1.165, 1.54) is 0 Å². The van der Waals surface area contributed by atoms with E-state index in [-0.39, 0.29) is 0 Å². The molecule has 0 spiro atoms. The lowest BCUT2D eigenvalue weighted by Crippen LogP contribution is -2.37. The molecule has 0 saturated carbocycles. The van der Waals surface area contributed by atoms with Gasteiger partial charge in [0.1, 0.15) is 18.5 Å². The van der Waals surface area contributed by atoms with Crippen LogP contribution in [0.15, 0.2) is 12.4 Å². The van der Waals surface area contributed by atoms with E-state index in [0.29, 0.717) is 13.3 Å². The summed E-state index contributed by atoms with van der Waals surface area (Å²) >= 11 is 0.